The molecule has 0 radical (unpaired) electrons. The molecule has 2 aliphatic heterocycles. The Bertz CT molecular complexity index is 751. The second-order valence-electron chi connectivity index (χ2n) is 10.1. The largest absolute Gasteiger partial charge is 0.494 e. The van der Waals surface area contributed by atoms with Gasteiger partial charge in [-0.1, -0.05) is 23.7 Å². The van der Waals surface area contributed by atoms with Gasteiger partial charge in [-0.25, -0.2) is 4.79 Å². The Kier molecular flexibility index (Phi) is 6.03. The predicted octanol–water partition coefficient (Wildman–Crippen LogP) is 4.75. The van der Waals surface area contributed by atoms with Crippen LogP contribution in [0.5, 0.6) is 0 Å². The Morgan fingerprint density at radius 3 is 2.17 bits per heavy atom. The van der Waals surface area contributed by atoms with Crippen molar-refractivity contribution >= 4 is 30.3 Å². The van der Waals surface area contributed by atoms with Crippen molar-refractivity contribution in [1.82, 2.24) is 4.90 Å². The summed E-state index contributed by atoms with van der Waals surface area (Å²) >= 11 is 6.65. The van der Waals surface area contributed by atoms with Gasteiger partial charge in [0.15, 0.2) is 0 Å². The number of carbonyl (C=O) groups is 1. The molecule has 0 spiro atoms. The van der Waals surface area contributed by atoms with Crippen molar-refractivity contribution in [2.24, 2.45) is 0 Å². The summed E-state index contributed by atoms with van der Waals surface area (Å²) in [6.45, 7) is 15.2. The second kappa shape index (κ2) is 7.79. The first-order valence-corrected chi connectivity index (χ1v) is 10.8. The van der Waals surface area contributed by atoms with Crippen molar-refractivity contribution in [1.29, 1.82) is 0 Å². The van der Waals surface area contributed by atoms with Crippen LogP contribution in [-0.4, -0.2) is 48.0 Å². The van der Waals surface area contributed by atoms with Gasteiger partial charge in [-0.05, 0) is 84.3 Å². The SMILES string of the molecule is CC(C)(C)OC(=O)N1CCC(c2ccc(B3OC(C)(C)C(C)(C)O3)cc2Cl)CC1. The molecule has 2 aliphatic rings. The average molecular weight is 422 g/mol. The van der Waals surface area contributed by atoms with E-state index in [0.717, 1.165) is 28.9 Å². The maximum Gasteiger partial charge on any atom is 0.494 e. The topological polar surface area (TPSA) is 48.0 Å². The van der Waals surface area contributed by atoms with Crippen LogP contribution in [0.4, 0.5) is 4.79 Å². The minimum Gasteiger partial charge on any atom is -0.444 e. The van der Waals surface area contributed by atoms with E-state index in [0.29, 0.717) is 19.0 Å². The Balaban J connectivity index is 1.64. The zero-order valence-corrected chi connectivity index (χ0v) is 19.4. The minimum atomic E-state index is -0.472. The number of carbonyl (C=O) groups excluding carboxylic acids is 1. The first-order chi connectivity index (χ1) is 13.3. The van der Waals surface area contributed by atoms with Crippen molar-refractivity contribution in [3.05, 3.63) is 28.8 Å². The van der Waals surface area contributed by atoms with Crippen molar-refractivity contribution < 1.29 is 18.8 Å². The fourth-order valence-corrected chi connectivity index (χ4v) is 4.04. The summed E-state index contributed by atoms with van der Waals surface area (Å²) in [6.07, 6.45) is 1.50. The van der Waals surface area contributed by atoms with Crippen molar-refractivity contribution in [3.8, 4) is 0 Å². The molecule has 7 heteroatoms. The summed E-state index contributed by atoms with van der Waals surface area (Å²) in [6, 6.07) is 6.08. The Morgan fingerprint density at radius 2 is 1.69 bits per heavy atom. The number of nitrogens with zero attached hydrogens (tertiary/aromatic N) is 1. The fraction of sp³-hybridized carbons (Fsp3) is 0.682. The van der Waals surface area contributed by atoms with Crippen LogP contribution < -0.4 is 5.46 Å². The highest BCUT2D eigenvalue weighted by atomic mass is 35.5. The van der Waals surface area contributed by atoms with E-state index in [2.05, 4.69) is 6.07 Å². The lowest BCUT2D eigenvalue weighted by atomic mass is 9.77. The van der Waals surface area contributed by atoms with Gasteiger partial charge in [0.1, 0.15) is 5.60 Å². The molecule has 0 saturated carbocycles. The van der Waals surface area contributed by atoms with Gasteiger partial charge in [0.05, 0.1) is 11.2 Å². The summed E-state index contributed by atoms with van der Waals surface area (Å²) < 4.78 is 17.7. The molecule has 1 aromatic carbocycles. The van der Waals surface area contributed by atoms with Crippen LogP contribution in [0.3, 0.4) is 0 Å². The lowest BCUT2D eigenvalue weighted by Crippen LogP contribution is -2.41. The molecule has 160 valence electrons. The van der Waals surface area contributed by atoms with E-state index in [1.165, 1.54) is 0 Å². The normalized spacial score (nSPS) is 22.1. The van der Waals surface area contributed by atoms with Crippen LogP contribution in [0, 0.1) is 0 Å². The number of hydrogen-bond acceptors (Lipinski definition) is 4. The van der Waals surface area contributed by atoms with Crippen molar-refractivity contribution in [2.75, 3.05) is 13.1 Å². The molecular formula is C22H33BClNO4. The Morgan fingerprint density at radius 1 is 1.14 bits per heavy atom. The van der Waals surface area contributed by atoms with Gasteiger partial charge in [-0.2, -0.15) is 0 Å². The first kappa shape index (κ1) is 22.5. The quantitative estimate of drug-likeness (QED) is 0.646. The molecule has 0 N–H and O–H groups in total. The molecule has 29 heavy (non-hydrogen) atoms. The highest BCUT2D eigenvalue weighted by Gasteiger charge is 2.51. The first-order valence-electron chi connectivity index (χ1n) is 10.4. The molecule has 0 atom stereocenters. The lowest BCUT2D eigenvalue weighted by molar-refractivity contribution is 0.00578. The molecule has 1 amide bonds. The number of ether oxygens (including phenoxy) is 1. The highest BCUT2D eigenvalue weighted by molar-refractivity contribution is 6.62. The number of likely N-dealkylation sites (tertiary alicyclic amines) is 1. The third-order valence-corrected chi connectivity index (χ3v) is 6.46. The number of benzene rings is 1. The summed E-state index contributed by atoms with van der Waals surface area (Å²) in [7, 11) is -0.416. The number of piperidine rings is 1. The maximum atomic E-state index is 12.3. The summed E-state index contributed by atoms with van der Waals surface area (Å²) in [5, 5.41) is 0.730. The van der Waals surface area contributed by atoms with E-state index in [4.69, 9.17) is 25.6 Å². The number of halogens is 1. The number of hydrogen-bond donors (Lipinski definition) is 0. The standard InChI is InChI=1S/C22H33BClNO4/c1-20(2,3)27-19(26)25-12-10-15(11-13-25)17-9-8-16(14-18(17)24)23-28-21(4,5)22(6,7)29-23/h8-9,14-15H,10-13H2,1-7H3. The molecular weight excluding hydrogens is 389 g/mol. The van der Waals surface area contributed by atoms with Crippen LogP contribution in [0.25, 0.3) is 0 Å². The van der Waals surface area contributed by atoms with Crippen LogP contribution in [0.15, 0.2) is 18.2 Å². The van der Waals surface area contributed by atoms with Gasteiger partial charge in [-0.3, -0.25) is 0 Å². The smallest absolute Gasteiger partial charge is 0.444 e. The van der Waals surface area contributed by atoms with Gasteiger partial charge in [-0.15, -0.1) is 0 Å². The van der Waals surface area contributed by atoms with E-state index >= 15 is 0 Å². The van der Waals surface area contributed by atoms with E-state index < -0.39 is 12.7 Å². The van der Waals surface area contributed by atoms with Gasteiger partial charge in [0.2, 0.25) is 0 Å². The maximum absolute atomic E-state index is 12.3. The van der Waals surface area contributed by atoms with Gasteiger partial charge in [0, 0.05) is 18.1 Å². The molecule has 0 unspecified atom stereocenters. The van der Waals surface area contributed by atoms with Crippen LogP contribution in [0.1, 0.15) is 72.8 Å². The lowest BCUT2D eigenvalue weighted by Gasteiger charge is -2.34. The zero-order valence-electron chi connectivity index (χ0n) is 18.7. The van der Waals surface area contributed by atoms with E-state index in [1.54, 1.807) is 4.90 Å². The third-order valence-electron chi connectivity index (χ3n) is 6.14. The number of rotatable bonds is 2. The van der Waals surface area contributed by atoms with Gasteiger partial charge >= 0.3 is 13.2 Å². The predicted molar refractivity (Wildman–Crippen MR) is 117 cm³/mol. The third kappa shape index (κ3) is 4.92. The van der Waals surface area contributed by atoms with E-state index in [9.17, 15) is 4.79 Å². The van der Waals surface area contributed by atoms with Gasteiger partial charge < -0.3 is 18.9 Å². The molecule has 2 fully saturated rings. The summed E-state index contributed by atoms with van der Waals surface area (Å²) in [5.41, 5.74) is 0.828. The number of amides is 1. The Labute approximate surface area is 180 Å². The average Bonchev–Trinajstić information content (AvgIpc) is 2.81. The molecule has 2 heterocycles. The van der Waals surface area contributed by atoms with Crippen molar-refractivity contribution in [3.63, 3.8) is 0 Å². The molecule has 0 aromatic heterocycles. The molecule has 2 saturated heterocycles. The van der Waals surface area contributed by atoms with Crippen LogP contribution in [0.2, 0.25) is 5.02 Å². The van der Waals surface area contributed by atoms with E-state index in [-0.39, 0.29) is 17.3 Å². The van der Waals surface area contributed by atoms with Crippen molar-refractivity contribution in [2.45, 2.75) is 84.0 Å². The zero-order chi connectivity index (χ0) is 21.6. The van der Waals surface area contributed by atoms with E-state index in [1.807, 2.05) is 60.6 Å². The molecule has 3 rings (SSSR count). The summed E-state index contributed by atoms with van der Waals surface area (Å²) in [4.78, 5) is 14.1. The molecule has 0 bridgehead atoms. The summed E-state index contributed by atoms with van der Waals surface area (Å²) in [5.74, 6) is 0.327. The molecule has 0 aliphatic carbocycles. The highest BCUT2D eigenvalue weighted by Crippen LogP contribution is 2.37. The van der Waals surface area contributed by atoms with Crippen LogP contribution in [-0.2, 0) is 14.0 Å². The second-order valence-corrected chi connectivity index (χ2v) is 10.5. The van der Waals surface area contributed by atoms with Crippen LogP contribution >= 0.6 is 11.6 Å². The molecule has 5 nitrogen and oxygen atoms in total. The minimum absolute atomic E-state index is 0.238. The van der Waals surface area contributed by atoms with Gasteiger partial charge in [0.25, 0.3) is 0 Å². The monoisotopic (exact) mass is 421 g/mol. The Hall–Kier alpha value is -1.24. The molecule has 1 aromatic rings. The fourth-order valence-electron chi connectivity index (χ4n) is 3.70.